The molecule has 3 N–H and O–H groups in total. The van der Waals surface area contributed by atoms with E-state index in [1.54, 1.807) is 24.4 Å². The summed E-state index contributed by atoms with van der Waals surface area (Å²) in [5, 5.41) is 4.18. The second-order valence-electron chi connectivity index (χ2n) is 13.6. The fraction of sp³-hybridized carbons (Fsp3) is 0.633. The number of carbonyl (C=O) groups is 2. The molecule has 0 spiro atoms. The van der Waals surface area contributed by atoms with Crippen molar-refractivity contribution in [3.8, 4) is 0 Å². The summed E-state index contributed by atoms with van der Waals surface area (Å²) in [5.41, 5.74) is 6.05. The van der Waals surface area contributed by atoms with E-state index in [2.05, 4.69) is 39.2 Å². The van der Waals surface area contributed by atoms with Crippen molar-refractivity contribution in [3.05, 3.63) is 40.8 Å². The zero-order chi connectivity index (χ0) is 27.4. The molecule has 1 heterocycles. The Labute approximate surface area is 226 Å². The van der Waals surface area contributed by atoms with Crippen molar-refractivity contribution in [2.75, 3.05) is 11.9 Å². The Hall–Kier alpha value is -2.45. The van der Waals surface area contributed by atoms with Gasteiger partial charge in [0.15, 0.2) is 8.32 Å². The Kier molecular flexibility index (Phi) is 7.09. The van der Waals surface area contributed by atoms with Crippen molar-refractivity contribution in [2.45, 2.75) is 83.5 Å². The van der Waals surface area contributed by atoms with E-state index in [0.717, 1.165) is 11.8 Å². The third kappa shape index (κ3) is 5.09. The number of rotatable bonds is 8. The van der Waals surface area contributed by atoms with Crippen LogP contribution in [-0.2, 0) is 14.0 Å². The molecule has 4 bridgehead atoms. The van der Waals surface area contributed by atoms with Gasteiger partial charge in [-0.3, -0.25) is 14.4 Å². The quantitative estimate of drug-likeness (QED) is 0.437. The summed E-state index contributed by atoms with van der Waals surface area (Å²) in [6.07, 6.45) is 8.72. The lowest BCUT2D eigenvalue weighted by Crippen LogP contribution is -2.46. The molecule has 1 aromatic heterocycles. The number of aromatic nitrogens is 1. The van der Waals surface area contributed by atoms with Crippen LogP contribution in [0.2, 0.25) is 18.1 Å². The number of amides is 2. The summed E-state index contributed by atoms with van der Waals surface area (Å²) in [6, 6.07) is 6.23. The van der Waals surface area contributed by atoms with Gasteiger partial charge in [0, 0.05) is 29.1 Å². The first-order valence-electron chi connectivity index (χ1n) is 14.2. The lowest BCUT2D eigenvalue weighted by molar-refractivity contribution is -0.122. The largest absolute Gasteiger partial charge is 0.414 e. The van der Waals surface area contributed by atoms with E-state index >= 15 is 0 Å². The van der Waals surface area contributed by atoms with Crippen LogP contribution in [0.15, 0.2) is 35.3 Å². The van der Waals surface area contributed by atoms with Gasteiger partial charge in [-0.2, -0.15) is 0 Å². The lowest BCUT2D eigenvalue weighted by Gasteiger charge is -2.54. The standard InChI is InChI=1S/C30H43N3O4Si/c1-30(2,3)38(4,5)37-17-26(28(31)35)33-10-9-22-23(29(33)36)7-6-8-25(22)32-27(34)16-24-20-12-18-11-19(14-20)15-21(24)13-18/h6-10,18-21,24,26H,11-17H2,1-5H3,(H2,31,35)(H,32,34)/t18?,19?,20?,21?,24?,26-/m1/s1. The van der Waals surface area contributed by atoms with Crippen molar-refractivity contribution in [1.29, 1.82) is 0 Å². The minimum Gasteiger partial charge on any atom is -0.414 e. The number of nitrogens with zero attached hydrogens (tertiary/aromatic N) is 1. The number of benzene rings is 1. The highest BCUT2D eigenvalue weighted by Gasteiger charge is 2.48. The molecular formula is C30H43N3O4Si. The Balaban J connectivity index is 1.34. The maximum absolute atomic E-state index is 13.5. The molecule has 6 rings (SSSR count). The van der Waals surface area contributed by atoms with Crippen LogP contribution < -0.4 is 16.6 Å². The molecule has 1 aromatic carbocycles. The van der Waals surface area contributed by atoms with Gasteiger partial charge >= 0.3 is 0 Å². The van der Waals surface area contributed by atoms with Crippen LogP contribution in [0.3, 0.4) is 0 Å². The maximum atomic E-state index is 13.5. The van der Waals surface area contributed by atoms with E-state index in [9.17, 15) is 14.4 Å². The normalized spacial score (nSPS) is 27.4. The third-order valence-corrected chi connectivity index (χ3v) is 14.7. The highest BCUT2D eigenvalue weighted by molar-refractivity contribution is 6.74. The van der Waals surface area contributed by atoms with Gasteiger partial charge in [-0.25, -0.2) is 0 Å². The van der Waals surface area contributed by atoms with E-state index in [1.807, 2.05) is 6.07 Å². The number of carbonyl (C=O) groups excluding carboxylic acids is 2. The molecule has 0 aliphatic heterocycles. The van der Waals surface area contributed by atoms with Gasteiger partial charge in [-0.1, -0.05) is 26.8 Å². The molecule has 0 saturated heterocycles. The van der Waals surface area contributed by atoms with Gasteiger partial charge in [-0.05, 0) is 98.0 Å². The van der Waals surface area contributed by atoms with Crippen LogP contribution in [0.4, 0.5) is 5.69 Å². The Morgan fingerprint density at radius 3 is 2.26 bits per heavy atom. The number of nitrogens with one attached hydrogen (secondary N) is 1. The van der Waals surface area contributed by atoms with Crippen molar-refractivity contribution < 1.29 is 14.0 Å². The summed E-state index contributed by atoms with van der Waals surface area (Å²) < 4.78 is 7.62. The molecule has 1 atom stereocenters. The Morgan fingerprint density at radius 1 is 1.05 bits per heavy atom. The molecule has 7 nitrogen and oxygen atoms in total. The zero-order valence-corrected chi connectivity index (χ0v) is 24.5. The molecule has 2 aromatic rings. The molecule has 38 heavy (non-hydrogen) atoms. The average Bonchev–Trinajstić information content (AvgIpc) is 2.82. The van der Waals surface area contributed by atoms with E-state index in [0.29, 0.717) is 40.6 Å². The number of hydrogen-bond acceptors (Lipinski definition) is 4. The first kappa shape index (κ1) is 27.1. The molecule has 206 valence electrons. The summed E-state index contributed by atoms with van der Waals surface area (Å²) in [4.78, 5) is 39.1. The smallest absolute Gasteiger partial charge is 0.259 e. The lowest BCUT2D eigenvalue weighted by atomic mass is 9.51. The molecule has 4 aliphatic rings. The minimum absolute atomic E-state index is 0.0249. The van der Waals surface area contributed by atoms with E-state index in [4.69, 9.17) is 10.2 Å². The van der Waals surface area contributed by atoms with Crippen LogP contribution in [0.1, 0.15) is 65.3 Å². The number of anilines is 1. The topological polar surface area (TPSA) is 103 Å². The van der Waals surface area contributed by atoms with Gasteiger partial charge in [0.1, 0.15) is 6.04 Å². The number of hydrogen-bond donors (Lipinski definition) is 2. The molecule has 4 aliphatic carbocycles. The number of pyridine rings is 1. The number of primary amides is 1. The van der Waals surface area contributed by atoms with Gasteiger partial charge in [0.2, 0.25) is 11.8 Å². The summed E-state index contributed by atoms with van der Waals surface area (Å²) in [6.45, 7) is 10.6. The minimum atomic E-state index is -2.14. The third-order valence-electron chi connectivity index (χ3n) is 10.2. The van der Waals surface area contributed by atoms with Crippen LogP contribution in [0, 0.1) is 29.6 Å². The van der Waals surface area contributed by atoms with Crippen LogP contribution in [0.5, 0.6) is 0 Å². The predicted molar refractivity (Wildman–Crippen MR) is 153 cm³/mol. The molecular weight excluding hydrogens is 494 g/mol. The monoisotopic (exact) mass is 537 g/mol. The zero-order valence-electron chi connectivity index (χ0n) is 23.5. The Bertz CT molecular complexity index is 1270. The van der Waals surface area contributed by atoms with E-state index < -0.39 is 20.3 Å². The fourth-order valence-electron chi connectivity index (χ4n) is 7.24. The molecule has 4 fully saturated rings. The highest BCUT2D eigenvalue weighted by atomic mass is 28.4. The molecule has 2 amide bonds. The summed E-state index contributed by atoms with van der Waals surface area (Å²) >= 11 is 0. The SMILES string of the molecule is CC(C)(C)[Si](C)(C)OC[C@H](C(N)=O)n1ccc2c(NC(=O)CC3C4CC5CC(C4)CC3C5)cccc2c1=O. The fourth-order valence-corrected chi connectivity index (χ4v) is 8.24. The van der Waals surface area contributed by atoms with E-state index in [1.165, 1.54) is 36.7 Å². The number of fused-ring (bicyclic) bond motifs is 1. The summed E-state index contributed by atoms with van der Waals surface area (Å²) in [5.74, 6) is 3.04. The summed E-state index contributed by atoms with van der Waals surface area (Å²) in [7, 11) is -2.14. The van der Waals surface area contributed by atoms with Crippen molar-refractivity contribution in [1.82, 2.24) is 4.57 Å². The van der Waals surface area contributed by atoms with E-state index in [-0.39, 0.29) is 23.1 Å². The maximum Gasteiger partial charge on any atom is 0.259 e. The van der Waals surface area contributed by atoms with Crippen molar-refractivity contribution in [3.63, 3.8) is 0 Å². The van der Waals surface area contributed by atoms with Crippen LogP contribution in [0.25, 0.3) is 10.8 Å². The predicted octanol–water partition coefficient (Wildman–Crippen LogP) is 5.45. The molecule has 8 heteroatoms. The van der Waals surface area contributed by atoms with Gasteiger partial charge < -0.3 is 20.0 Å². The average molecular weight is 538 g/mol. The molecule has 4 saturated carbocycles. The van der Waals surface area contributed by atoms with Crippen LogP contribution >= 0.6 is 0 Å². The second kappa shape index (κ2) is 9.94. The van der Waals surface area contributed by atoms with Crippen molar-refractivity contribution in [2.24, 2.45) is 35.3 Å². The van der Waals surface area contributed by atoms with Crippen molar-refractivity contribution >= 4 is 36.6 Å². The Morgan fingerprint density at radius 2 is 1.68 bits per heavy atom. The molecule has 0 unspecified atom stereocenters. The number of nitrogens with two attached hydrogens (primary N) is 1. The van der Waals surface area contributed by atoms with Gasteiger partial charge in [0.25, 0.3) is 5.56 Å². The highest BCUT2D eigenvalue weighted by Crippen LogP contribution is 2.57. The van der Waals surface area contributed by atoms with Crippen LogP contribution in [-0.4, -0.2) is 31.3 Å². The first-order valence-corrected chi connectivity index (χ1v) is 17.1. The molecule has 0 radical (unpaired) electrons. The first-order chi connectivity index (χ1) is 17.8. The van der Waals surface area contributed by atoms with Gasteiger partial charge in [-0.15, -0.1) is 0 Å². The van der Waals surface area contributed by atoms with Gasteiger partial charge in [0.05, 0.1) is 6.61 Å². The second-order valence-corrected chi connectivity index (χ2v) is 18.4.